The molecule has 2 rings (SSSR count). The maximum absolute atomic E-state index is 5.59. The van der Waals surface area contributed by atoms with Gasteiger partial charge in [-0.05, 0) is 31.0 Å². The highest BCUT2D eigenvalue weighted by molar-refractivity contribution is 5.69. The van der Waals surface area contributed by atoms with Crippen molar-refractivity contribution < 1.29 is 4.42 Å². The molecule has 0 radical (unpaired) electrons. The summed E-state index contributed by atoms with van der Waals surface area (Å²) in [5.74, 6) is 1.01. The maximum Gasteiger partial charge on any atom is 0.125 e. The van der Waals surface area contributed by atoms with Gasteiger partial charge in [0.2, 0.25) is 0 Å². The number of hydrogen-bond acceptors (Lipinski definition) is 2. The topological polar surface area (TPSA) is 25.2 Å². The van der Waals surface area contributed by atoms with E-state index in [1.807, 2.05) is 0 Å². The molecular weight excluding hydrogens is 222 g/mol. The zero-order valence-electron chi connectivity index (χ0n) is 11.6. The summed E-state index contributed by atoms with van der Waals surface area (Å²) < 4.78 is 5.59. The number of nitrogens with one attached hydrogen (secondary N) is 1. The molecule has 0 saturated carbocycles. The molecule has 1 aromatic heterocycles. The predicted octanol–water partition coefficient (Wildman–Crippen LogP) is 4.06. The molecule has 96 valence electrons. The molecule has 18 heavy (non-hydrogen) atoms. The Hall–Kier alpha value is -1.54. The van der Waals surface area contributed by atoms with Crippen molar-refractivity contribution in [2.75, 3.05) is 0 Å². The molecule has 0 unspecified atom stereocenters. The van der Waals surface area contributed by atoms with Gasteiger partial charge in [0.1, 0.15) is 5.76 Å². The Balaban J connectivity index is 2.30. The van der Waals surface area contributed by atoms with Crippen LogP contribution in [0.3, 0.4) is 0 Å². The summed E-state index contributed by atoms with van der Waals surface area (Å²) in [5, 5.41) is 3.40. The molecule has 2 aromatic rings. The van der Waals surface area contributed by atoms with Crippen LogP contribution in [0.2, 0.25) is 0 Å². The van der Waals surface area contributed by atoms with Gasteiger partial charge in [0.05, 0.1) is 12.8 Å². The number of hydrogen-bond donors (Lipinski definition) is 1. The van der Waals surface area contributed by atoms with Crippen LogP contribution in [0.4, 0.5) is 0 Å². The Morgan fingerprint density at radius 2 is 1.89 bits per heavy atom. The Bertz CT molecular complexity index is 526. The summed E-state index contributed by atoms with van der Waals surface area (Å²) in [6, 6.07) is 9.04. The lowest BCUT2D eigenvalue weighted by Gasteiger charge is -2.10. The Kier molecular flexibility index (Phi) is 3.87. The van der Waals surface area contributed by atoms with Gasteiger partial charge in [0.15, 0.2) is 0 Å². The van der Waals surface area contributed by atoms with Gasteiger partial charge in [-0.15, -0.1) is 0 Å². The molecule has 0 bridgehead atoms. The van der Waals surface area contributed by atoms with E-state index in [9.17, 15) is 0 Å². The SMILES string of the molecule is Cc1ccc(-c2ccoc2CNC(C)C)c(C)c1. The van der Waals surface area contributed by atoms with Gasteiger partial charge in [-0.3, -0.25) is 0 Å². The van der Waals surface area contributed by atoms with Crippen molar-refractivity contribution in [3.8, 4) is 11.1 Å². The van der Waals surface area contributed by atoms with Crippen LogP contribution >= 0.6 is 0 Å². The van der Waals surface area contributed by atoms with Crippen LogP contribution in [0.1, 0.15) is 30.7 Å². The first kappa shape index (κ1) is 12.9. The molecule has 0 aliphatic rings. The lowest BCUT2D eigenvalue weighted by molar-refractivity contribution is 0.466. The third-order valence-corrected chi connectivity index (χ3v) is 3.09. The summed E-state index contributed by atoms with van der Waals surface area (Å²) in [7, 11) is 0. The molecule has 0 atom stereocenters. The van der Waals surface area contributed by atoms with Gasteiger partial charge in [-0.1, -0.05) is 37.6 Å². The van der Waals surface area contributed by atoms with Gasteiger partial charge in [0.25, 0.3) is 0 Å². The normalized spacial score (nSPS) is 11.2. The van der Waals surface area contributed by atoms with E-state index in [1.54, 1.807) is 6.26 Å². The summed E-state index contributed by atoms with van der Waals surface area (Å²) in [6.45, 7) is 9.31. The smallest absolute Gasteiger partial charge is 0.125 e. The Labute approximate surface area is 109 Å². The molecule has 0 spiro atoms. The number of benzene rings is 1. The quantitative estimate of drug-likeness (QED) is 0.876. The molecule has 0 saturated heterocycles. The van der Waals surface area contributed by atoms with E-state index in [-0.39, 0.29) is 0 Å². The predicted molar refractivity (Wildman–Crippen MR) is 75.6 cm³/mol. The van der Waals surface area contributed by atoms with Crippen molar-refractivity contribution in [3.05, 3.63) is 47.4 Å². The van der Waals surface area contributed by atoms with E-state index in [0.717, 1.165) is 12.3 Å². The van der Waals surface area contributed by atoms with Crippen LogP contribution in [-0.4, -0.2) is 6.04 Å². The van der Waals surface area contributed by atoms with Crippen LogP contribution in [0.5, 0.6) is 0 Å². The maximum atomic E-state index is 5.59. The number of aryl methyl sites for hydroxylation is 2. The fourth-order valence-electron chi connectivity index (χ4n) is 2.13. The van der Waals surface area contributed by atoms with E-state index in [2.05, 4.69) is 57.3 Å². The fraction of sp³-hybridized carbons (Fsp3) is 0.375. The van der Waals surface area contributed by atoms with Gasteiger partial charge < -0.3 is 9.73 Å². The van der Waals surface area contributed by atoms with Gasteiger partial charge in [-0.2, -0.15) is 0 Å². The average Bonchev–Trinajstić information content (AvgIpc) is 2.74. The third-order valence-electron chi connectivity index (χ3n) is 3.09. The van der Waals surface area contributed by atoms with Crippen molar-refractivity contribution >= 4 is 0 Å². The highest BCUT2D eigenvalue weighted by Gasteiger charge is 2.11. The van der Waals surface area contributed by atoms with E-state index in [1.165, 1.54) is 22.3 Å². The zero-order chi connectivity index (χ0) is 13.1. The van der Waals surface area contributed by atoms with Gasteiger partial charge in [0, 0.05) is 11.6 Å². The molecule has 0 amide bonds. The summed E-state index contributed by atoms with van der Waals surface area (Å²) in [6.07, 6.45) is 1.77. The second-order valence-electron chi connectivity index (χ2n) is 5.11. The standard InChI is InChI=1S/C16H21NO/c1-11(2)17-10-16-15(7-8-18-16)14-6-5-12(3)9-13(14)4/h5-9,11,17H,10H2,1-4H3. The van der Waals surface area contributed by atoms with Crippen molar-refractivity contribution in [2.45, 2.75) is 40.3 Å². The fourth-order valence-corrected chi connectivity index (χ4v) is 2.13. The third kappa shape index (κ3) is 2.82. The second-order valence-corrected chi connectivity index (χ2v) is 5.11. The van der Waals surface area contributed by atoms with Crippen molar-refractivity contribution in [1.29, 1.82) is 0 Å². The molecule has 0 aliphatic heterocycles. The first-order valence-electron chi connectivity index (χ1n) is 6.45. The Morgan fingerprint density at radius 1 is 1.11 bits per heavy atom. The monoisotopic (exact) mass is 243 g/mol. The molecule has 2 heteroatoms. The first-order valence-corrected chi connectivity index (χ1v) is 6.45. The molecule has 1 heterocycles. The minimum Gasteiger partial charge on any atom is -0.467 e. The van der Waals surface area contributed by atoms with Crippen LogP contribution in [-0.2, 0) is 6.54 Å². The zero-order valence-corrected chi connectivity index (χ0v) is 11.6. The molecule has 1 N–H and O–H groups in total. The minimum absolute atomic E-state index is 0.460. The highest BCUT2D eigenvalue weighted by Crippen LogP contribution is 2.28. The first-order chi connectivity index (χ1) is 8.58. The summed E-state index contributed by atoms with van der Waals surface area (Å²) in [4.78, 5) is 0. The highest BCUT2D eigenvalue weighted by atomic mass is 16.3. The number of rotatable bonds is 4. The van der Waals surface area contributed by atoms with E-state index < -0.39 is 0 Å². The van der Waals surface area contributed by atoms with Crippen LogP contribution < -0.4 is 5.32 Å². The van der Waals surface area contributed by atoms with Gasteiger partial charge >= 0.3 is 0 Å². The van der Waals surface area contributed by atoms with Crippen molar-refractivity contribution in [3.63, 3.8) is 0 Å². The lowest BCUT2D eigenvalue weighted by atomic mass is 9.99. The van der Waals surface area contributed by atoms with Crippen molar-refractivity contribution in [2.24, 2.45) is 0 Å². The lowest BCUT2D eigenvalue weighted by Crippen LogP contribution is -2.21. The van der Waals surface area contributed by atoms with E-state index >= 15 is 0 Å². The van der Waals surface area contributed by atoms with E-state index in [4.69, 9.17) is 4.42 Å². The van der Waals surface area contributed by atoms with Crippen LogP contribution in [0, 0.1) is 13.8 Å². The average molecular weight is 243 g/mol. The summed E-state index contributed by atoms with van der Waals surface area (Å²) in [5.41, 5.74) is 5.04. The molecule has 1 aromatic carbocycles. The molecule has 2 nitrogen and oxygen atoms in total. The van der Waals surface area contributed by atoms with Gasteiger partial charge in [-0.25, -0.2) is 0 Å². The van der Waals surface area contributed by atoms with Crippen LogP contribution in [0.25, 0.3) is 11.1 Å². The molecule has 0 fully saturated rings. The van der Waals surface area contributed by atoms with E-state index in [0.29, 0.717) is 6.04 Å². The number of furan rings is 1. The second kappa shape index (κ2) is 5.40. The van der Waals surface area contributed by atoms with Crippen LogP contribution in [0.15, 0.2) is 34.9 Å². The molecular formula is C16H21NO. The largest absolute Gasteiger partial charge is 0.467 e. The summed E-state index contributed by atoms with van der Waals surface area (Å²) >= 11 is 0. The molecule has 0 aliphatic carbocycles. The van der Waals surface area contributed by atoms with Crippen molar-refractivity contribution in [1.82, 2.24) is 5.32 Å². The minimum atomic E-state index is 0.460. The Morgan fingerprint density at radius 3 is 2.56 bits per heavy atom.